The zero-order chi connectivity index (χ0) is 21.3. The second kappa shape index (κ2) is 9.89. The lowest BCUT2D eigenvalue weighted by atomic mass is 10.1. The Morgan fingerprint density at radius 1 is 0.933 bits per heavy atom. The lowest BCUT2D eigenvalue weighted by Crippen LogP contribution is -2.26. The Labute approximate surface area is 175 Å². The standard InChI is InChI=1S/C24H21N3O3/c1-30-22-12-5-3-7-17(22)13-14-26-23(28)18-9-6-10-19(15-18)24(29)27-21-11-4-2-8-20(21)16-25/h2-12,15H,13-14H2,1H3,(H,26,28)(H,27,29). The lowest BCUT2D eigenvalue weighted by molar-refractivity contribution is 0.0954. The van der Waals surface area contributed by atoms with Crippen LogP contribution in [0, 0.1) is 11.3 Å². The van der Waals surface area contributed by atoms with E-state index < -0.39 is 0 Å². The number of nitrogens with zero attached hydrogens (tertiary/aromatic N) is 1. The van der Waals surface area contributed by atoms with Crippen LogP contribution >= 0.6 is 0 Å². The Balaban J connectivity index is 1.63. The smallest absolute Gasteiger partial charge is 0.255 e. The van der Waals surface area contributed by atoms with Gasteiger partial charge in [-0.15, -0.1) is 0 Å². The van der Waals surface area contributed by atoms with E-state index in [2.05, 4.69) is 10.6 Å². The molecule has 0 radical (unpaired) electrons. The van der Waals surface area contributed by atoms with Gasteiger partial charge in [-0.25, -0.2) is 0 Å². The van der Waals surface area contributed by atoms with Crippen LogP contribution in [0.15, 0.2) is 72.8 Å². The summed E-state index contributed by atoms with van der Waals surface area (Å²) in [4.78, 5) is 25.1. The summed E-state index contributed by atoms with van der Waals surface area (Å²) < 4.78 is 5.32. The largest absolute Gasteiger partial charge is 0.496 e. The monoisotopic (exact) mass is 399 g/mol. The van der Waals surface area contributed by atoms with Gasteiger partial charge in [0.25, 0.3) is 11.8 Å². The minimum atomic E-state index is -0.388. The third kappa shape index (κ3) is 5.03. The van der Waals surface area contributed by atoms with E-state index in [1.807, 2.05) is 30.3 Å². The Morgan fingerprint density at radius 2 is 1.63 bits per heavy atom. The average molecular weight is 399 g/mol. The van der Waals surface area contributed by atoms with Crippen molar-refractivity contribution in [3.8, 4) is 11.8 Å². The molecule has 30 heavy (non-hydrogen) atoms. The summed E-state index contributed by atoms with van der Waals surface area (Å²) in [5, 5.41) is 14.7. The van der Waals surface area contributed by atoms with Crippen LogP contribution < -0.4 is 15.4 Å². The van der Waals surface area contributed by atoms with E-state index in [1.54, 1.807) is 49.6 Å². The van der Waals surface area contributed by atoms with Crippen LogP contribution in [0.2, 0.25) is 0 Å². The van der Waals surface area contributed by atoms with Gasteiger partial charge in [0.2, 0.25) is 0 Å². The predicted molar refractivity (Wildman–Crippen MR) is 115 cm³/mol. The van der Waals surface area contributed by atoms with Gasteiger partial charge in [-0.2, -0.15) is 5.26 Å². The van der Waals surface area contributed by atoms with Gasteiger partial charge < -0.3 is 15.4 Å². The highest BCUT2D eigenvalue weighted by atomic mass is 16.5. The summed E-state index contributed by atoms with van der Waals surface area (Å²) >= 11 is 0. The van der Waals surface area contributed by atoms with Crippen LogP contribution in [-0.4, -0.2) is 25.5 Å². The summed E-state index contributed by atoms with van der Waals surface area (Å²) in [7, 11) is 1.61. The fraction of sp³-hybridized carbons (Fsp3) is 0.125. The Morgan fingerprint density at radius 3 is 2.40 bits per heavy atom. The van der Waals surface area contributed by atoms with Crippen molar-refractivity contribution < 1.29 is 14.3 Å². The molecule has 0 atom stereocenters. The molecule has 6 nitrogen and oxygen atoms in total. The van der Waals surface area contributed by atoms with Gasteiger partial charge in [-0.05, 0) is 48.4 Å². The summed E-state index contributed by atoms with van der Waals surface area (Å²) in [6, 6.07) is 22.9. The molecule has 150 valence electrons. The van der Waals surface area contributed by atoms with Crippen LogP contribution in [0.3, 0.4) is 0 Å². The Bertz CT molecular complexity index is 1100. The van der Waals surface area contributed by atoms with Crippen molar-refractivity contribution in [3.05, 3.63) is 95.1 Å². The minimum absolute atomic E-state index is 0.267. The van der Waals surface area contributed by atoms with E-state index in [1.165, 1.54) is 6.07 Å². The number of anilines is 1. The third-order valence-corrected chi connectivity index (χ3v) is 4.56. The van der Waals surface area contributed by atoms with E-state index >= 15 is 0 Å². The number of para-hydroxylation sites is 2. The first kappa shape index (κ1) is 20.6. The van der Waals surface area contributed by atoms with Crippen LogP contribution in [0.25, 0.3) is 0 Å². The molecular formula is C24H21N3O3. The van der Waals surface area contributed by atoms with Crippen molar-refractivity contribution in [2.24, 2.45) is 0 Å². The highest BCUT2D eigenvalue weighted by molar-refractivity contribution is 6.06. The van der Waals surface area contributed by atoms with E-state index in [0.29, 0.717) is 35.3 Å². The molecular weight excluding hydrogens is 378 g/mol. The topological polar surface area (TPSA) is 91.2 Å². The number of ether oxygens (including phenoxy) is 1. The molecule has 0 fully saturated rings. The Kier molecular flexibility index (Phi) is 6.80. The minimum Gasteiger partial charge on any atom is -0.496 e. The number of amides is 2. The average Bonchev–Trinajstić information content (AvgIpc) is 2.79. The van der Waals surface area contributed by atoms with Gasteiger partial charge in [0.15, 0.2) is 0 Å². The molecule has 0 bridgehead atoms. The number of carbonyl (C=O) groups is 2. The number of methoxy groups -OCH3 is 1. The number of rotatable bonds is 7. The van der Waals surface area contributed by atoms with Gasteiger partial charge in [0.1, 0.15) is 11.8 Å². The molecule has 2 amide bonds. The second-order valence-corrected chi connectivity index (χ2v) is 6.51. The van der Waals surface area contributed by atoms with E-state index in [4.69, 9.17) is 10.00 Å². The number of nitrogens with one attached hydrogen (secondary N) is 2. The number of nitriles is 1. The maximum absolute atomic E-state index is 12.6. The molecule has 2 N–H and O–H groups in total. The van der Waals surface area contributed by atoms with E-state index in [0.717, 1.165) is 11.3 Å². The van der Waals surface area contributed by atoms with Crippen LogP contribution in [0.4, 0.5) is 5.69 Å². The molecule has 0 unspecified atom stereocenters. The zero-order valence-corrected chi connectivity index (χ0v) is 16.5. The van der Waals surface area contributed by atoms with Crippen LogP contribution in [0.5, 0.6) is 5.75 Å². The number of hydrogen-bond acceptors (Lipinski definition) is 4. The normalized spacial score (nSPS) is 10.0. The van der Waals surface area contributed by atoms with Crippen molar-refractivity contribution in [2.75, 3.05) is 19.0 Å². The molecule has 0 aromatic heterocycles. The lowest BCUT2D eigenvalue weighted by Gasteiger charge is -2.10. The number of hydrogen-bond donors (Lipinski definition) is 2. The maximum atomic E-state index is 12.6. The molecule has 6 heteroatoms. The van der Waals surface area contributed by atoms with Crippen LogP contribution in [-0.2, 0) is 6.42 Å². The van der Waals surface area contributed by atoms with Crippen molar-refractivity contribution in [1.82, 2.24) is 5.32 Å². The van der Waals surface area contributed by atoms with Gasteiger partial charge in [0, 0.05) is 17.7 Å². The first-order chi connectivity index (χ1) is 14.6. The summed E-state index contributed by atoms with van der Waals surface area (Å²) in [5.41, 5.74) is 2.52. The maximum Gasteiger partial charge on any atom is 0.255 e. The number of benzene rings is 3. The van der Waals surface area contributed by atoms with Crippen molar-refractivity contribution in [2.45, 2.75) is 6.42 Å². The Hall–Kier alpha value is -4.11. The zero-order valence-electron chi connectivity index (χ0n) is 16.5. The van der Waals surface area contributed by atoms with Crippen LogP contribution in [0.1, 0.15) is 31.8 Å². The molecule has 0 aliphatic carbocycles. The first-order valence-electron chi connectivity index (χ1n) is 9.43. The van der Waals surface area contributed by atoms with Gasteiger partial charge >= 0.3 is 0 Å². The van der Waals surface area contributed by atoms with Crippen molar-refractivity contribution in [1.29, 1.82) is 5.26 Å². The second-order valence-electron chi connectivity index (χ2n) is 6.51. The highest BCUT2D eigenvalue weighted by Gasteiger charge is 2.12. The van der Waals surface area contributed by atoms with Gasteiger partial charge in [-0.1, -0.05) is 36.4 Å². The molecule has 0 aliphatic heterocycles. The third-order valence-electron chi connectivity index (χ3n) is 4.56. The molecule has 3 aromatic rings. The van der Waals surface area contributed by atoms with Crippen molar-refractivity contribution >= 4 is 17.5 Å². The molecule has 3 aromatic carbocycles. The fourth-order valence-electron chi connectivity index (χ4n) is 3.01. The summed E-state index contributed by atoms with van der Waals surface area (Å²) in [6.07, 6.45) is 0.626. The highest BCUT2D eigenvalue weighted by Crippen LogP contribution is 2.18. The van der Waals surface area contributed by atoms with E-state index in [-0.39, 0.29) is 11.8 Å². The predicted octanol–water partition coefficient (Wildman–Crippen LogP) is 3.79. The quantitative estimate of drug-likeness (QED) is 0.632. The van der Waals surface area contributed by atoms with Gasteiger partial charge in [0.05, 0.1) is 18.4 Å². The molecule has 0 spiro atoms. The SMILES string of the molecule is COc1ccccc1CCNC(=O)c1cccc(C(=O)Nc2ccccc2C#N)c1. The molecule has 3 rings (SSSR count). The molecule has 0 aliphatic rings. The fourth-order valence-corrected chi connectivity index (χ4v) is 3.01. The molecule has 0 saturated heterocycles. The number of carbonyl (C=O) groups excluding carboxylic acids is 2. The van der Waals surface area contributed by atoms with E-state index in [9.17, 15) is 9.59 Å². The summed E-state index contributed by atoms with van der Waals surface area (Å²) in [6.45, 7) is 0.436. The van der Waals surface area contributed by atoms with Crippen molar-refractivity contribution in [3.63, 3.8) is 0 Å². The summed E-state index contributed by atoms with van der Waals surface area (Å²) in [5.74, 6) is 0.126. The molecule has 0 heterocycles. The van der Waals surface area contributed by atoms with Gasteiger partial charge in [-0.3, -0.25) is 9.59 Å². The molecule has 0 saturated carbocycles. The first-order valence-corrected chi connectivity index (χ1v) is 9.43.